The number of carbonyl (C=O) groups is 1. The van der Waals surface area contributed by atoms with Crippen LogP contribution in [0.15, 0.2) is 59.1 Å². The highest BCUT2D eigenvalue weighted by Gasteiger charge is 2.17. The number of rotatable bonds is 3. The van der Waals surface area contributed by atoms with Gasteiger partial charge in [0.05, 0.1) is 0 Å². The summed E-state index contributed by atoms with van der Waals surface area (Å²) in [5, 5.41) is 11.9. The Labute approximate surface area is 149 Å². The van der Waals surface area contributed by atoms with Crippen LogP contribution in [-0.2, 0) is 0 Å². The summed E-state index contributed by atoms with van der Waals surface area (Å²) >= 11 is 3.41. The molecule has 0 bridgehead atoms. The molecular weight excluding hydrogens is 368 g/mol. The quantitative estimate of drug-likeness (QED) is 0.468. The van der Waals surface area contributed by atoms with Crippen molar-refractivity contribution in [2.24, 2.45) is 0 Å². The molecule has 0 saturated carbocycles. The smallest absolute Gasteiger partial charge is 0.347 e. The number of halogens is 1. The Kier molecular flexibility index (Phi) is 4.58. The van der Waals surface area contributed by atoms with E-state index in [1.807, 2.05) is 50.2 Å². The van der Waals surface area contributed by atoms with E-state index in [4.69, 9.17) is 4.74 Å². The van der Waals surface area contributed by atoms with Gasteiger partial charge in [-0.25, -0.2) is 4.79 Å². The molecule has 3 aromatic carbocycles. The molecule has 0 saturated heterocycles. The summed E-state index contributed by atoms with van der Waals surface area (Å²) in [4.78, 5) is 12.5. The molecule has 3 nitrogen and oxygen atoms in total. The van der Waals surface area contributed by atoms with Gasteiger partial charge in [0, 0.05) is 4.47 Å². The lowest BCUT2D eigenvalue weighted by Crippen LogP contribution is -2.10. The summed E-state index contributed by atoms with van der Waals surface area (Å²) in [5.41, 5.74) is 1.10. The number of hydrogen-bond acceptors (Lipinski definition) is 3. The molecule has 0 spiro atoms. The number of phenols is 1. The van der Waals surface area contributed by atoms with E-state index in [-0.39, 0.29) is 17.2 Å². The second-order valence-electron chi connectivity index (χ2n) is 5.94. The van der Waals surface area contributed by atoms with E-state index in [1.165, 1.54) is 0 Å². The van der Waals surface area contributed by atoms with Crippen molar-refractivity contribution in [2.75, 3.05) is 0 Å². The second-order valence-corrected chi connectivity index (χ2v) is 6.86. The van der Waals surface area contributed by atoms with Crippen LogP contribution in [0.25, 0.3) is 10.8 Å². The fourth-order valence-electron chi connectivity index (χ4n) is 2.63. The molecule has 122 valence electrons. The summed E-state index contributed by atoms with van der Waals surface area (Å²) in [7, 11) is 0. The Morgan fingerprint density at radius 3 is 2.54 bits per heavy atom. The predicted octanol–water partition coefficient (Wildman–Crippen LogP) is 5.65. The van der Waals surface area contributed by atoms with Gasteiger partial charge in [0.1, 0.15) is 17.1 Å². The zero-order chi connectivity index (χ0) is 17.3. The monoisotopic (exact) mass is 384 g/mol. The van der Waals surface area contributed by atoms with Gasteiger partial charge in [-0.15, -0.1) is 0 Å². The van der Waals surface area contributed by atoms with E-state index in [0.717, 1.165) is 20.8 Å². The largest absolute Gasteiger partial charge is 0.507 e. The number of hydrogen-bond donors (Lipinski definition) is 1. The molecule has 0 amide bonds. The van der Waals surface area contributed by atoms with E-state index in [0.29, 0.717) is 5.75 Å². The number of benzene rings is 3. The van der Waals surface area contributed by atoms with E-state index in [1.54, 1.807) is 18.2 Å². The molecule has 3 aromatic rings. The van der Waals surface area contributed by atoms with Crippen molar-refractivity contribution < 1.29 is 14.6 Å². The van der Waals surface area contributed by atoms with Gasteiger partial charge in [0.2, 0.25) is 0 Å². The maximum absolute atomic E-state index is 12.5. The van der Waals surface area contributed by atoms with E-state index >= 15 is 0 Å². The van der Waals surface area contributed by atoms with Crippen LogP contribution in [0.3, 0.4) is 0 Å². The highest BCUT2D eigenvalue weighted by Crippen LogP contribution is 2.30. The van der Waals surface area contributed by atoms with Crippen LogP contribution >= 0.6 is 15.9 Å². The Hall–Kier alpha value is -2.33. The third-order valence-corrected chi connectivity index (χ3v) is 4.37. The first-order valence-corrected chi connectivity index (χ1v) is 8.48. The normalized spacial score (nSPS) is 11.0. The van der Waals surface area contributed by atoms with Crippen molar-refractivity contribution in [3.8, 4) is 11.5 Å². The molecule has 0 radical (unpaired) electrons. The highest BCUT2D eigenvalue weighted by atomic mass is 79.9. The number of phenolic OH excluding ortho intramolecular Hbond substituents is 1. The maximum Gasteiger partial charge on any atom is 0.347 e. The molecule has 0 aliphatic heterocycles. The van der Waals surface area contributed by atoms with Crippen molar-refractivity contribution in [2.45, 2.75) is 19.8 Å². The van der Waals surface area contributed by atoms with Crippen LogP contribution in [0.2, 0.25) is 0 Å². The van der Waals surface area contributed by atoms with Gasteiger partial charge in [0.15, 0.2) is 0 Å². The first-order chi connectivity index (χ1) is 11.5. The molecule has 24 heavy (non-hydrogen) atoms. The van der Waals surface area contributed by atoms with Gasteiger partial charge in [-0.3, -0.25) is 0 Å². The fourth-order valence-corrected chi connectivity index (χ4v) is 3.00. The van der Waals surface area contributed by atoms with Gasteiger partial charge >= 0.3 is 5.97 Å². The molecule has 0 fully saturated rings. The third-order valence-electron chi connectivity index (χ3n) is 3.88. The van der Waals surface area contributed by atoms with Crippen LogP contribution in [0.1, 0.15) is 35.7 Å². The standard InChI is InChI=1S/C20H17BrO3/c1-12(2)16-5-3-4-6-19(16)24-20(23)17-10-14-9-15(21)8-7-13(14)11-18(17)22/h3-12,22H,1-2H3. The number of esters is 1. The molecule has 0 aliphatic rings. The van der Waals surface area contributed by atoms with E-state index < -0.39 is 5.97 Å². The minimum Gasteiger partial charge on any atom is -0.507 e. The molecule has 0 unspecified atom stereocenters. The molecular formula is C20H17BrO3. The summed E-state index contributed by atoms with van der Waals surface area (Å²) in [6.07, 6.45) is 0. The van der Waals surface area contributed by atoms with Gasteiger partial charge < -0.3 is 9.84 Å². The van der Waals surface area contributed by atoms with Gasteiger partial charge in [0.25, 0.3) is 0 Å². The number of carbonyl (C=O) groups excluding carboxylic acids is 1. The summed E-state index contributed by atoms with van der Waals surface area (Å²) in [6, 6.07) is 16.3. The van der Waals surface area contributed by atoms with Crippen molar-refractivity contribution in [1.29, 1.82) is 0 Å². The number of fused-ring (bicyclic) bond motifs is 1. The van der Waals surface area contributed by atoms with Gasteiger partial charge in [-0.05, 0) is 52.6 Å². The average Bonchev–Trinajstić information content (AvgIpc) is 2.54. The Morgan fingerprint density at radius 2 is 1.79 bits per heavy atom. The number of ether oxygens (including phenoxy) is 1. The van der Waals surface area contributed by atoms with Gasteiger partial charge in [-0.2, -0.15) is 0 Å². The van der Waals surface area contributed by atoms with Crippen LogP contribution < -0.4 is 4.74 Å². The van der Waals surface area contributed by atoms with Crippen molar-refractivity contribution >= 4 is 32.7 Å². The Balaban J connectivity index is 1.99. The van der Waals surface area contributed by atoms with E-state index in [9.17, 15) is 9.90 Å². The number of aromatic hydroxyl groups is 1. The lowest BCUT2D eigenvalue weighted by molar-refractivity contribution is 0.0730. The van der Waals surface area contributed by atoms with Crippen LogP contribution in [0.4, 0.5) is 0 Å². The minimum absolute atomic E-state index is 0.0862. The molecule has 4 heteroatoms. The first-order valence-electron chi connectivity index (χ1n) is 7.69. The highest BCUT2D eigenvalue weighted by molar-refractivity contribution is 9.10. The van der Waals surface area contributed by atoms with Crippen molar-refractivity contribution in [3.63, 3.8) is 0 Å². The van der Waals surface area contributed by atoms with Crippen LogP contribution in [0.5, 0.6) is 11.5 Å². The van der Waals surface area contributed by atoms with E-state index in [2.05, 4.69) is 15.9 Å². The molecule has 0 heterocycles. The third kappa shape index (κ3) is 3.29. The Bertz CT molecular complexity index is 916. The van der Waals surface area contributed by atoms with Crippen molar-refractivity contribution in [1.82, 2.24) is 0 Å². The SMILES string of the molecule is CC(C)c1ccccc1OC(=O)c1cc2cc(Br)ccc2cc1O. The number of para-hydroxylation sites is 1. The molecule has 0 atom stereocenters. The average molecular weight is 385 g/mol. The second kappa shape index (κ2) is 6.65. The van der Waals surface area contributed by atoms with Crippen LogP contribution in [-0.4, -0.2) is 11.1 Å². The molecule has 3 rings (SSSR count). The summed E-state index contributed by atoms with van der Waals surface area (Å²) < 4.78 is 6.45. The summed E-state index contributed by atoms with van der Waals surface area (Å²) in [6.45, 7) is 4.08. The molecule has 0 aliphatic carbocycles. The van der Waals surface area contributed by atoms with Crippen molar-refractivity contribution in [3.05, 3.63) is 70.2 Å². The maximum atomic E-state index is 12.5. The summed E-state index contributed by atoms with van der Waals surface area (Å²) in [5.74, 6) is 0.0979. The molecule has 1 N–H and O–H groups in total. The lowest BCUT2D eigenvalue weighted by atomic mass is 10.0. The zero-order valence-corrected chi connectivity index (χ0v) is 15.0. The predicted molar refractivity (Wildman–Crippen MR) is 98.8 cm³/mol. The minimum atomic E-state index is -0.567. The first kappa shape index (κ1) is 16.5. The van der Waals surface area contributed by atoms with Crippen LogP contribution in [0, 0.1) is 0 Å². The van der Waals surface area contributed by atoms with Gasteiger partial charge in [-0.1, -0.05) is 54.0 Å². The topological polar surface area (TPSA) is 46.5 Å². The lowest BCUT2D eigenvalue weighted by Gasteiger charge is -2.13. The Morgan fingerprint density at radius 1 is 1.04 bits per heavy atom. The zero-order valence-electron chi connectivity index (χ0n) is 13.4. The fraction of sp³-hybridized carbons (Fsp3) is 0.150. The molecule has 0 aromatic heterocycles.